The number of pyridine rings is 1. The van der Waals surface area contributed by atoms with Crippen molar-refractivity contribution in [3.8, 4) is 0 Å². The Morgan fingerprint density at radius 1 is 1.29 bits per heavy atom. The fourth-order valence-electron chi connectivity index (χ4n) is 2.23. The predicted octanol–water partition coefficient (Wildman–Crippen LogP) is 1.18. The monoisotopic (exact) mass is 286 g/mol. The molecule has 0 saturated carbocycles. The van der Waals surface area contributed by atoms with Gasteiger partial charge in [0.15, 0.2) is 5.41 Å². The van der Waals surface area contributed by atoms with Gasteiger partial charge < -0.3 is 14.9 Å². The summed E-state index contributed by atoms with van der Waals surface area (Å²) in [6.07, 6.45) is 7.52. The minimum atomic E-state index is -1.50. The third-order valence-corrected chi connectivity index (χ3v) is 3.30. The van der Waals surface area contributed by atoms with Crippen molar-refractivity contribution < 1.29 is 19.1 Å². The second-order valence-electron chi connectivity index (χ2n) is 4.35. The van der Waals surface area contributed by atoms with Gasteiger partial charge in [-0.15, -0.1) is 0 Å². The summed E-state index contributed by atoms with van der Waals surface area (Å²) >= 11 is 0. The van der Waals surface area contributed by atoms with Crippen molar-refractivity contribution in [1.82, 2.24) is 4.98 Å². The van der Waals surface area contributed by atoms with E-state index in [1.807, 2.05) is 0 Å². The quantitative estimate of drug-likeness (QED) is 0.843. The summed E-state index contributed by atoms with van der Waals surface area (Å²) in [5, 5.41) is 8.31. The zero-order chi connectivity index (χ0) is 15.5. The summed E-state index contributed by atoms with van der Waals surface area (Å²) in [5.41, 5.74) is -1.24. The van der Waals surface area contributed by atoms with Gasteiger partial charge in [0.05, 0.1) is 25.5 Å². The fourth-order valence-corrected chi connectivity index (χ4v) is 2.23. The molecule has 2 rings (SSSR count). The van der Waals surface area contributed by atoms with Crippen molar-refractivity contribution in [2.24, 2.45) is 0 Å². The molecule has 0 saturated heterocycles. The first kappa shape index (κ1) is 14.6. The molecule has 21 heavy (non-hydrogen) atoms. The van der Waals surface area contributed by atoms with Crippen LogP contribution in [0.3, 0.4) is 0 Å². The van der Waals surface area contributed by atoms with Gasteiger partial charge >= 0.3 is 11.9 Å². The van der Waals surface area contributed by atoms with Crippen LogP contribution in [0.5, 0.6) is 0 Å². The number of esters is 2. The van der Waals surface area contributed by atoms with Crippen LogP contribution in [0, 0.1) is 5.41 Å². The Labute approximate surface area is 121 Å². The van der Waals surface area contributed by atoms with Crippen LogP contribution in [0.1, 0.15) is 5.56 Å². The number of rotatable bonds is 3. The number of allylic oxidation sites excluding steroid dienone is 2. The lowest BCUT2D eigenvalue weighted by Crippen LogP contribution is -2.46. The average molecular weight is 286 g/mol. The van der Waals surface area contributed by atoms with Crippen molar-refractivity contribution in [3.63, 3.8) is 0 Å². The Morgan fingerprint density at radius 2 is 2.05 bits per heavy atom. The third kappa shape index (κ3) is 2.24. The van der Waals surface area contributed by atoms with Gasteiger partial charge in [-0.3, -0.25) is 9.78 Å². The number of nitrogens with zero attached hydrogens (tertiary/aromatic N) is 1. The number of ether oxygens (including phenoxy) is 2. The molecule has 6 nitrogen and oxygen atoms in total. The molecule has 1 atom stereocenters. The largest absolute Gasteiger partial charge is 0.468 e. The lowest BCUT2D eigenvalue weighted by Gasteiger charge is -2.31. The van der Waals surface area contributed by atoms with Crippen LogP contribution in [0.4, 0.5) is 0 Å². The molecule has 6 heteroatoms. The number of methoxy groups -OCH3 is 2. The molecule has 0 radical (unpaired) electrons. The lowest BCUT2D eigenvalue weighted by molar-refractivity contribution is -0.143. The van der Waals surface area contributed by atoms with E-state index in [4.69, 9.17) is 10.1 Å². The van der Waals surface area contributed by atoms with Crippen LogP contribution < -0.4 is 0 Å². The molecule has 1 aliphatic carbocycles. The summed E-state index contributed by atoms with van der Waals surface area (Å²) in [5.74, 6) is -1.34. The average Bonchev–Trinajstić information content (AvgIpc) is 2.54. The lowest BCUT2D eigenvalue weighted by atomic mass is 9.71. The number of nitrogens with one attached hydrogen (secondary N) is 1. The molecule has 0 amide bonds. The maximum Gasteiger partial charge on any atom is 0.339 e. The van der Waals surface area contributed by atoms with Crippen molar-refractivity contribution in [3.05, 3.63) is 53.9 Å². The van der Waals surface area contributed by atoms with E-state index in [0.717, 1.165) is 0 Å². The number of carbonyl (C=O) groups excluding carboxylic acids is 2. The van der Waals surface area contributed by atoms with Gasteiger partial charge in [0.2, 0.25) is 0 Å². The topological polar surface area (TPSA) is 89.3 Å². The fraction of sp³-hybridized carbons (Fsp3) is 0.200. The Balaban J connectivity index is 2.62. The van der Waals surface area contributed by atoms with Crippen molar-refractivity contribution >= 4 is 17.7 Å². The summed E-state index contributed by atoms with van der Waals surface area (Å²) in [6.45, 7) is 0. The highest BCUT2D eigenvalue weighted by Crippen LogP contribution is 2.34. The first-order valence-electron chi connectivity index (χ1n) is 6.14. The van der Waals surface area contributed by atoms with Gasteiger partial charge in [-0.2, -0.15) is 0 Å². The van der Waals surface area contributed by atoms with Crippen LogP contribution in [-0.2, 0) is 24.5 Å². The molecule has 0 aliphatic heterocycles. The van der Waals surface area contributed by atoms with Crippen molar-refractivity contribution in [2.45, 2.75) is 5.41 Å². The van der Waals surface area contributed by atoms with Crippen LogP contribution in [0.15, 0.2) is 48.3 Å². The molecule has 1 unspecified atom stereocenters. The van der Waals surface area contributed by atoms with E-state index < -0.39 is 17.4 Å². The molecule has 1 aromatic rings. The van der Waals surface area contributed by atoms with Gasteiger partial charge in [-0.05, 0) is 17.7 Å². The van der Waals surface area contributed by atoms with E-state index in [1.165, 1.54) is 38.6 Å². The van der Waals surface area contributed by atoms with E-state index in [-0.39, 0.29) is 11.3 Å². The van der Waals surface area contributed by atoms with Gasteiger partial charge in [0.25, 0.3) is 0 Å². The highest BCUT2D eigenvalue weighted by atomic mass is 16.5. The van der Waals surface area contributed by atoms with Gasteiger partial charge in [0.1, 0.15) is 0 Å². The smallest absolute Gasteiger partial charge is 0.339 e. The molecular formula is C15H14N2O4. The van der Waals surface area contributed by atoms with Crippen LogP contribution in [0.2, 0.25) is 0 Å². The zero-order valence-electron chi connectivity index (χ0n) is 11.6. The Hall–Kier alpha value is -2.76. The first-order chi connectivity index (χ1) is 10.1. The highest BCUT2D eigenvalue weighted by Gasteiger charge is 2.47. The number of hydrogen-bond donors (Lipinski definition) is 1. The normalized spacial score (nSPS) is 20.7. The predicted molar refractivity (Wildman–Crippen MR) is 74.9 cm³/mol. The molecule has 1 aromatic heterocycles. The Morgan fingerprint density at radius 3 is 2.62 bits per heavy atom. The van der Waals surface area contributed by atoms with E-state index >= 15 is 0 Å². The minimum Gasteiger partial charge on any atom is -0.468 e. The highest BCUT2D eigenvalue weighted by molar-refractivity contribution is 6.30. The molecule has 1 N–H and O–H groups in total. The summed E-state index contributed by atoms with van der Waals surface area (Å²) in [6, 6.07) is 3.31. The second kappa shape index (κ2) is 5.70. The number of hydrogen-bond acceptors (Lipinski definition) is 6. The van der Waals surface area contributed by atoms with E-state index in [1.54, 1.807) is 18.3 Å². The van der Waals surface area contributed by atoms with Gasteiger partial charge in [0, 0.05) is 12.4 Å². The van der Waals surface area contributed by atoms with Crippen LogP contribution in [0.25, 0.3) is 0 Å². The molecule has 0 spiro atoms. The maximum atomic E-state index is 12.3. The summed E-state index contributed by atoms with van der Waals surface area (Å²) < 4.78 is 9.49. The van der Waals surface area contributed by atoms with Gasteiger partial charge in [-0.1, -0.05) is 18.2 Å². The standard InChI is InChI=1S/C15H14N2O4/c1-20-13(18)11-6-3-7-15(12(11)16,14(19)21-2)10-5-4-8-17-9-10/h3-9,16H,1-2H3. The molecule has 1 aliphatic rings. The van der Waals surface area contributed by atoms with Gasteiger partial charge in [-0.25, -0.2) is 4.79 Å². The van der Waals surface area contributed by atoms with E-state index in [9.17, 15) is 9.59 Å². The van der Waals surface area contributed by atoms with Crippen LogP contribution >= 0.6 is 0 Å². The maximum absolute atomic E-state index is 12.3. The molecule has 0 aromatic carbocycles. The molecule has 0 bridgehead atoms. The number of carbonyl (C=O) groups is 2. The second-order valence-corrected chi connectivity index (χ2v) is 4.35. The first-order valence-corrected chi connectivity index (χ1v) is 6.14. The van der Waals surface area contributed by atoms with E-state index in [0.29, 0.717) is 5.56 Å². The summed E-state index contributed by atoms with van der Waals surface area (Å²) in [7, 11) is 2.45. The third-order valence-electron chi connectivity index (χ3n) is 3.30. The molecule has 0 fully saturated rings. The SMILES string of the molecule is COC(=O)C1=CC=CC(C(=O)OC)(c2cccnc2)C1=N. The zero-order valence-corrected chi connectivity index (χ0v) is 11.6. The number of aromatic nitrogens is 1. The molecule has 108 valence electrons. The minimum absolute atomic E-state index is 0.00857. The van der Waals surface area contributed by atoms with Crippen molar-refractivity contribution in [1.29, 1.82) is 5.41 Å². The molecule has 1 heterocycles. The molecular weight excluding hydrogens is 272 g/mol. The summed E-state index contributed by atoms with van der Waals surface area (Å²) in [4.78, 5) is 28.1. The Bertz CT molecular complexity index is 649. The Kier molecular flexibility index (Phi) is 3.98. The van der Waals surface area contributed by atoms with E-state index in [2.05, 4.69) is 9.72 Å². The van der Waals surface area contributed by atoms with Crippen molar-refractivity contribution in [2.75, 3.05) is 14.2 Å². The van der Waals surface area contributed by atoms with Crippen LogP contribution in [-0.4, -0.2) is 36.9 Å².